The number of halogens is 2. The molecule has 0 amide bonds. The first-order chi connectivity index (χ1) is 14.8. The zero-order chi connectivity index (χ0) is 22.5. The third-order valence-electron chi connectivity index (χ3n) is 4.58. The number of aromatic nitrogens is 1. The van der Waals surface area contributed by atoms with E-state index in [4.69, 9.17) is 16.3 Å². The Bertz CT molecular complexity index is 1150. The second kappa shape index (κ2) is 10.1. The van der Waals surface area contributed by atoms with Crippen LogP contribution in [0, 0.1) is 17.0 Å². The third kappa shape index (κ3) is 5.75. The minimum absolute atomic E-state index is 0.000658. The Morgan fingerprint density at radius 1 is 1.19 bits per heavy atom. The van der Waals surface area contributed by atoms with E-state index in [1.54, 1.807) is 12.1 Å². The van der Waals surface area contributed by atoms with Crippen molar-refractivity contribution in [2.45, 2.75) is 19.9 Å². The molecule has 0 atom stereocenters. The summed E-state index contributed by atoms with van der Waals surface area (Å²) >= 11 is 10.6. The Morgan fingerprint density at radius 2 is 1.87 bits per heavy atom. The maximum absolute atomic E-state index is 12.5. The normalized spacial score (nSPS) is 10.7. The number of hydrogen-bond acceptors (Lipinski definition) is 6. The van der Waals surface area contributed by atoms with Gasteiger partial charge in [0.15, 0.2) is 5.69 Å². The first-order valence-corrected chi connectivity index (χ1v) is 11.2. The largest absolute Gasteiger partial charge is 0.462 e. The van der Waals surface area contributed by atoms with Crippen molar-refractivity contribution in [2.24, 2.45) is 0 Å². The van der Waals surface area contributed by atoms with Crippen LogP contribution in [0.1, 0.15) is 31.3 Å². The number of Topliss-reactive ketones (excluding diaryl/α,β-unsaturated/α-hetero) is 1. The molecule has 0 fully saturated rings. The quantitative estimate of drug-likeness (QED) is 0.137. The Morgan fingerprint density at radius 3 is 2.55 bits per heavy atom. The van der Waals surface area contributed by atoms with E-state index in [-0.39, 0.29) is 35.2 Å². The first kappa shape index (κ1) is 23.1. The Labute approximate surface area is 195 Å². The number of nitrogens with zero attached hydrogens (tertiary/aromatic N) is 2. The van der Waals surface area contributed by atoms with Gasteiger partial charge in [-0.05, 0) is 24.3 Å². The van der Waals surface area contributed by atoms with Gasteiger partial charge in [-0.15, -0.1) is 0 Å². The Balaban J connectivity index is 1.58. The van der Waals surface area contributed by atoms with Gasteiger partial charge >= 0.3 is 5.97 Å². The highest BCUT2D eigenvalue weighted by Gasteiger charge is 2.21. The van der Waals surface area contributed by atoms with E-state index in [0.717, 1.165) is 21.1 Å². The van der Waals surface area contributed by atoms with E-state index in [1.807, 2.05) is 29.1 Å². The van der Waals surface area contributed by atoms with Crippen LogP contribution >= 0.6 is 38.9 Å². The maximum Gasteiger partial charge on any atom is 0.338 e. The molecule has 0 spiro atoms. The van der Waals surface area contributed by atoms with Crippen LogP contribution in [0.3, 0.4) is 0 Å². The molecule has 3 rings (SSSR count). The van der Waals surface area contributed by atoms with Crippen LogP contribution in [0.4, 0.5) is 5.69 Å². The molecule has 0 N–H and O–H groups in total. The lowest BCUT2D eigenvalue weighted by atomic mass is 10.1. The van der Waals surface area contributed by atoms with E-state index in [9.17, 15) is 19.7 Å². The highest BCUT2D eigenvalue weighted by molar-refractivity contribution is 9.10. The van der Waals surface area contributed by atoms with Crippen LogP contribution in [0.5, 0.6) is 0 Å². The molecule has 0 bridgehead atoms. The summed E-state index contributed by atoms with van der Waals surface area (Å²) in [4.78, 5) is 36.0. The monoisotopic (exact) mass is 523 g/mol. The molecule has 0 saturated heterocycles. The van der Waals surface area contributed by atoms with Crippen LogP contribution < -0.4 is 4.57 Å². The number of rotatable bonds is 8. The summed E-state index contributed by atoms with van der Waals surface area (Å²) < 4.78 is 8.03. The SMILES string of the molecule is Cc1c(CCOC(=O)c2ccc(Cl)c([N+](=O)[O-])c2)sc[n+]1CC(=O)c1ccc(Br)cc1. The summed E-state index contributed by atoms with van der Waals surface area (Å²) in [6.45, 7) is 2.24. The number of ether oxygens (including phenoxy) is 1. The Hall–Kier alpha value is -2.62. The van der Waals surface area contributed by atoms with Crippen LogP contribution in [0.2, 0.25) is 5.02 Å². The van der Waals surface area contributed by atoms with Gasteiger partial charge < -0.3 is 4.74 Å². The number of carbonyl (C=O) groups is 2. The van der Waals surface area contributed by atoms with Gasteiger partial charge in [0.2, 0.25) is 17.8 Å². The lowest BCUT2D eigenvalue weighted by molar-refractivity contribution is -0.684. The second-order valence-corrected chi connectivity index (χ2v) is 8.86. The average molecular weight is 525 g/mol. The third-order valence-corrected chi connectivity index (χ3v) is 6.57. The minimum Gasteiger partial charge on any atom is -0.462 e. The molecule has 1 aromatic heterocycles. The van der Waals surface area contributed by atoms with Gasteiger partial charge in [0, 0.05) is 29.4 Å². The number of benzene rings is 2. The molecule has 1 heterocycles. The van der Waals surface area contributed by atoms with Gasteiger partial charge in [0.1, 0.15) is 5.02 Å². The fourth-order valence-electron chi connectivity index (χ4n) is 2.83. The first-order valence-electron chi connectivity index (χ1n) is 9.12. The molecule has 31 heavy (non-hydrogen) atoms. The molecule has 10 heteroatoms. The standard InChI is InChI=1S/C21H17BrClN2O5S/c1-13-20(31-12-24(13)11-19(26)14-2-5-16(22)6-3-14)8-9-30-21(27)15-4-7-17(23)18(10-15)25(28)29/h2-7,10,12H,8-9,11H2,1H3/q+1. The number of nitro groups is 1. The van der Waals surface area contributed by atoms with Gasteiger partial charge in [0.05, 0.1) is 22.0 Å². The van der Waals surface area contributed by atoms with Crippen molar-refractivity contribution in [3.8, 4) is 0 Å². The number of esters is 1. The number of carbonyl (C=O) groups excluding carboxylic acids is 2. The van der Waals surface area contributed by atoms with E-state index in [2.05, 4.69) is 15.9 Å². The lowest BCUT2D eigenvalue weighted by Gasteiger charge is -2.04. The molecule has 0 unspecified atom stereocenters. The van der Waals surface area contributed by atoms with Crippen molar-refractivity contribution in [1.29, 1.82) is 0 Å². The van der Waals surface area contributed by atoms with Gasteiger partial charge in [-0.25, -0.2) is 4.79 Å². The molecule has 2 aromatic carbocycles. The van der Waals surface area contributed by atoms with Crippen molar-refractivity contribution >= 4 is 56.3 Å². The van der Waals surface area contributed by atoms with E-state index in [1.165, 1.54) is 23.5 Å². The van der Waals surface area contributed by atoms with Crippen molar-refractivity contribution in [2.75, 3.05) is 6.61 Å². The summed E-state index contributed by atoms with van der Waals surface area (Å²) in [7, 11) is 0. The topological polar surface area (TPSA) is 90.4 Å². The summed E-state index contributed by atoms with van der Waals surface area (Å²) in [6, 6.07) is 11.0. The number of hydrogen-bond donors (Lipinski definition) is 0. The number of ketones is 1. The van der Waals surface area contributed by atoms with Crippen LogP contribution in [0.15, 0.2) is 52.4 Å². The summed E-state index contributed by atoms with van der Waals surface area (Å²) in [5.41, 5.74) is 3.14. The van der Waals surface area contributed by atoms with Gasteiger partial charge in [-0.3, -0.25) is 14.9 Å². The van der Waals surface area contributed by atoms with Crippen LogP contribution in [-0.2, 0) is 17.7 Å². The summed E-state index contributed by atoms with van der Waals surface area (Å²) in [5.74, 6) is -0.659. The van der Waals surface area contributed by atoms with Gasteiger partial charge in [-0.1, -0.05) is 51.0 Å². The minimum atomic E-state index is -0.660. The second-order valence-electron chi connectivity index (χ2n) is 6.60. The molecular weight excluding hydrogens is 508 g/mol. The van der Waals surface area contributed by atoms with Crippen molar-refractivity contribution < 1.29 is 23.8 Å². The summed E-state index contributed by atoms with van der Waals surface area (Å²) in [5, 5.41) is 10.9. The average Bonchev–Trinajstić information content (AvgIpc) is 3.08. The molecule has 0 radical (unpaired) electrons. The maximum atomic E-state index is 12.5. The Kier molecular flexibility index (Phi) is 7.53. The predicted molar refractivity (Wildman–Crippen MR) is 120 cm³/mol. The van der Waals surface area contributed by atoms with Gasteiger partial charge in [-0.2, -0.15) is 4.57 Å². The highest BCUT2D eigenvalue weighted by Crippen LogP contribution is 2.25. The van der Waals surface area contributed by atoms with Crippen molar-refractivity contribution in [3.05, 3.63) is 89.3 Å². The zero-order valence-corrected chi connectivity index (χ0v) is 19.5. The molecule has 0 saturated carbocycles. The van der Waals surface area contributed by atoms with Crippen LogP contribution in [-0.4, -0.2) is 23.3 Å². The number of nitro benzene ring substituents is 1. The molecule has 160 valence electrons. The van der Waals surface area contributed by atoms with Crippen molar-refractivity contribution in [3.63, 3.8) is 0 Å². The molecule has 0 aliphatic rings. The molecular formula is C21H17BrClN2O5S+. The molecule has 0 aliphatic heterocycles. The predicted octanol–water partition coefficient (Wildman–Crippen LogP) is 4.95. The smallest absolute Gasteiger partial charge is 0.338 e. The van der Waals surface area contributed by atoms with E-state index < -0.39 is 10.9 Å². The van der Waals surface area contributed by atoms with E-state index >= 15 is 0 Å². The fraction of sp³-hybridized carbons (Fsp3) is 0.190. The zero-order valence-electron chi connectivity index (χ0n) is 16.3. The highest BCUT2D eigenvalue weighted by atomic mass is 79.9. The fourth-order valence-corrected chi connectivity index (χ4v) is 4.26. The summed E-state index contributed by atoms with van der Waals surface area (Å²) in [6.07, 6.45) is 0.470. The lowest BCUT2D eigenvalue weighted by Crippen LogP contribution is -2.38. The molecule has 0 aliphatic carbocycles. The van der Waals surface area contributed by atoms with Gasteiger partial charge in [0.25, 0.3) is 5.69 Å². The van der Waals surface area contributed by atoms with E-state index in [0.29, 0.717) is 12.0 Å². The number of thiazole rings is 1. The van der Waals surface area contributed by atoms with Crippen LogP contribution in [0.25, 0.3) is 0 Å². The molecule has 3 aromatic rings. The molecule has 7 nitrogen and oxygen atoms in total. The van der Waals surface area contributed by atoms with Crippen molar-refractivity contribution in [1.82, 2.24) is 0 Å².